The summed E-state index contributed by atoms with van der Waals surface area (Å²) in [5.74, 6) is 2.18. The normalized spacial score (nSPS) is 13.1. The summed E-state index contributed by atoms with van der Waals surface area (Å²) in [6, 6.07) is 3.61. The number of ether oxygens (including phenoxy) is 2. The number of carbonyl (C=O) groups excluding carboxylic acids is 1. The average molecular weight is 345 g/mol. The molecule has 0 radical (unpaired) electrons. The Hall–Kier alpha value is -2.68. The minimum atomic E-state index is -0.312. The lowest BCUT2D eigenvalue weighted by molar-refractivity contribution is 0.101. The monoisotopic (exact) mass is 345 g/mol. The van der Waals surface area contributed by atoms with Gasteiger partial charge >= 0.3 is 0 Å². The van der Waals surface area contributed by atoms with Crippen molar-refractivity contribution in [2.24, 2.45) is 0 Å². The fraction of sp³-hybridized carbons (Fsp3) is 0.333. The standard InChI is InChI=1S/C15H15N5O3S/c1-22-8-5-6-9(23-2)12-11(8)16-15(24-12)17-14(21)13-19-18-10-4-3-7-20(10)13/h5-6H,3-4,7H2,1-2H3,(H,16,17,21). The van der Waals surface area contributed by atoms with Crippen molar-refractivity contribution in [1.29, 1.82) is 0 Å². The molecule has 1 aliphatic rings. The second-order valence-corrected chi connectivity index (χ2v) is 6.32. The number of aromatic nitrogens is 4. The van der Waals surface area contributed by atoms with E-state index in [2.05, 4.69) is 20.5 Å². The number of methoxy groups -OCH3 is 2. The predicted octanol–water partition coefficient (Wildman–Crippen LogP) is 2.10. The number of anilines is 1. The summed E-state index contributed by atoms with van der Waals surface area (Å²) in [7, 11) is 3.18. The van der Waals surface area contributed by atoms with Gasteiger partial charge < -0.3 is 14.0 Å². The van der Waals surface area contributed by atoms with Crippen LogP contribution in [0.25, 0.3) is 10.2 Å². The van der Waals surface area contributed by atoms with E-state index in [1.165, 1.54) is 11.3 Å². The molecule has 0 atom stereocenters. The molecule has 0 fully saturated rings. The molecule has 0 saturated heterocycles. The molecule has 0 saturated carbocycles. The predicted molar refractivity (Wildman–Crippen MR) is 89.0 cm³/mol. The van der Waals surface area contributed by atoms with E-state index in [4.69, 9.17) is 9.47 Å². The lowest BCUT2D eigenvalue weighted by Gasteiger charge is -2.03. The van der Waals surface area contributed by atoms with Gasteiger partial charge in [-0.05, 0) is 18.6 Å². The molecule has 124 valence electrons. The summed E-state index contributed by atoms with van der Waals surface area (Å²) in [6.07, 6.45) is 1.84. The first-order chi connectivity index (χ1) is 11.7. The molecule has 3 heterocycles. The number of nitrogens with zero attached hydrogens (tertiary/aromatic N) is 4. The lowest BCUT2D eigenvalue weighted by Crippen LogP contribution is -2.17. The lowest BCUT2D eigenvalue weighted by atomic mass is 10.3. The zero-order chi connectivity index (χ0) is 16.7. The molecule has 1 amide bonds. The molecule has 1 N–H and O–H groups in total. The number of carbonyl (C=O) groups is 1. The molecule has 3 aromatic rings. The van der Waals surface area contributed by atoms with Gasteiger partial charge in [-0.25, -0.2) is 4.98 Å². The van der Waals surface area contributed by atoms with Crippen molar-refractivity contribution in [3.63, 3.8) is 0 Å². The van der Waals surface area contributed by atoms with Crippen molar-refractivity contribution in [2.75, 3.05) is 19.5 Å². The number of hydrogen-bond acceptors (Lipinski definition) is 7. The van der Waals surface area contributed by atoms with Gasteiger partial charge in [0.25, 0.3) is 5.91 Å². The van der Waals surface area contributed by atoms with Crippen LogP contribution in [0, 0.1) is 0 Å². The van der Waals surface area contributed by atoms with E-state index in [0.29, 0.717) is 28.0 Å². The van der Waals surface area contributed by atoms with Gasteiger partial charge in [-0.3, -0.25) is 10.1 Å². The van der Waals surface area contributed by atoms with Gasteiger partial charge in [0.1, 0.15) is 27.5 Å². The van der Waals surface area contributed by atoms with Crippen LogP contribution in [0.15, 0.2) is 12.1 Å². The van der Waals surface area contributed by atoms with Gasteiger partial charge in [0, 0.05) is 13.0 Å². The average Bonchev–Trinajstić information content (AvgIpc) is 3.28. The molecule has 9 heteroatoms. The molecule has 1 aromatic carbocycles. The molecule has 0 bridgehead atoms. The molecule has 0 unspecified atom stereocenters. The van der Waals surface area contributed by atoms with Crippen LogP contribution in [-0.2, 0) is 13.0 Å². The fourth-order valence-electron chi connectivity index (χ4n) is 2.81. The maximum absolute atomic E-state index is 12.5. The van der Waals surface area contributed by atoms with Crippen molar-refractivity contribution in [1.82, 2.24) is 19.7 Å². The first-order valence-corrected chi connectivity index (χ1v) is 8.28. The van der Waals surface area contributed by atoms with Gasteiger partial charge in [0.15, 0.2) is 5.13 Å². The topological polar surface area (TPSA) is 91.2 Å². The minimum absolute atomic E-state index is 0.312. The highest BCUT2D eigenvalue weighted by Crippen LogP contribution is 2.38. The Bertz CT molecular complexity index is 892. The molecular weight excluding hydrogens is 330 g/mol. The largest absolute Gasteiger partial charge is 0.495 e. The zero-order valence-electron chi connectivity index (χ0n) is 13.2. The van der Waals surface area contributed by atoms with Crippen LogP contribution in [-0.4, -0.2) is 39.9 Å². The Kier molecular flexibility index (Phi) is 3.57. The zero-order valence-corrected chi connectivity index (χ0v) is 14.0. The third-order valence-electron chi connectivity index (χ3n) is 3.94. The van der Waals surface area contributed by atoms with E-state index in [0.717, 1.165) is 29.9 Å². The quantitative estimate of drug-likeness (QED) is 0.779. The van der Waals surface area contributed by atoms with Gasteiger partial charge in [-0.15, -0.1) is 10.2 Å². The molecule has 0 aliphatic carbocycles. The molecule has 0 spiro atoms. The molecule has 1 aliphatic heterocycles. The van der Waals surface area contributed by atoms with Crippen LogP contribution in [0.4, 0.5) is 5.13 Å². The van der Waals surface area contributed by atoms with Crippen molar-refractivity contribution >= 4 is 32.6 Å². The molecule has 8 nitrogen and oxygen atoms in total. The maximum Gasteiger partial charge on any atom is 0.295 e. The molecule has 4 rings (SSSR count). The number of rotatable bonds is 4. The molecule has 24 heavy (non-hydrogen) atoms. The first kappa shape index (κ1) is 14.9. The van der Waals surface area contributed by atoms with Crippen molar-refractivity contribution in [2.45, 2.75) is 19.4 Å². The number of benzene rings is 1. The third kappa shape index (κ3) is 2.28. The minimum Gasteiger partial charge on any atom is -0.495 e. The van der Waals surface area contributed by atoms with Crippen LogP contribution in [0.1, 0.15) is 22.9 Å². The SMILES string of the molecule is COc1ccc(OC)c2sc(NC(=O)c3nnc4n3CCC4)nc12. The van der Waals surface area contributed by atoms with Crippen molar-refractivity contribution < 1.29 is 14.3 Å². The first-order valence-electron chi connectivity index (χ1n) is 7.46. The number of thiazole rings is 1. The number of fused-ring (bicyclic) bond motifs is 2. The van der Waals surface area contributed by atoms with Crippen LogP contribution in [0.5, 0.6) is 11.5 Å². The number of amides is 1. The Morgan fingerprint density at radius 1 is 1.25 bits per heavy atom. The fourth-order valence-corrected chi connectivity index (χ4v) is 3.78. The summed E-state index contributed by atoms with van der Waals surface area (Å²) < 4.78 is 13.4. The Labute approximate surface area is 141 Å². The van der Waals surface area contributed by atoms with Gasteiger partial charge in [-0.1, -0.05) is 11.3 Å². The highest BCUT2D eigenvalue weighted by atomic mass is 32.1. The second kappa shape index (κ2) is 5.75. The summed E-state index contributed by atoms with van der Waals surface area (Å²) in [5, 5.41) is 11.3. The molecular formula is C15H15N5O3S. The number of hydrogen-bond donors (Lipinski definition) is 1. The second-order valence-electron chi connectivity index (χ2n) is 5.32. The van der Waals surface area contributed by atoms with Crippen LogP contribution < -0.4 is 14.8 Å². The Morgan fingerprint density at radius 2 is 2.04 bits per heavy atom. The summed E-state index contributed by atoms with van der Waals surface area (Å²) in [5.41, 5.74) is 0.656. The van der Waals surface area contributed by atoms with Crippen LogP contribution in [0.2, 0.25) is 0 Å². The highest BCUT2D eigenvalue weighted by Gasteiger charge is 2.23. The van der Waals surface area contributed by atoms with E-state index >= 15 is 0 Å². The summed E-state index contributed by atoms with van der Waals surface area (Å²) in [6.45, 7) is 0.770. The van der Waals surface area contributed by atoms with Gasteiger partial charge in [0.05, 0.1) is 14.2 Å². The van der Waals surface area contributed by atoms with Gasteiger partial charge in [0.2, 0.25) is 5.82 Å². The number of nitrogens with one attached hydrogen (secondary N) is 1. The van der Waals surface area contributed by atoms with Crippen molar-refractivity contribution in [3.05, 3.63) is 23.8 Å². The Morgan fingerprint density at radius 3 is 2.83 bits per heavy atom. The summed E-state index contributed by atoms with van der Waals surface area (Å²) >= 11 is 1.33. The van der Waals surface area contributed by atoms with E-state index in [9.17, 15) is 4.79 Å². The van der Waals surface area contributed by atoms with E-state index in [1.807, 2.05) is 10.6 Å². The van der Waals surface area contributed by atoms with E-state index in [1.54, 1.807) is 20.3 Å². The van der Waals surface area contributed by atoms with Crippen LogP contribution >= 0.6 is 11.3 Å². The van der Waals surface area contributed by atoms with Crippen molar-refractivity contribution in [3.8, 4) is 11.5 Å². The highest BCUT2D eigenvalue weighted by molar-refractivity contribution is 7.22. The van der Waals surface area contributed by atoms with Crippen LogP contribution in [0.3, 0.4) is 0 Å². The molecule has 2 aromatic heterocycles. The number of aryl methyl sites for hydroxylation is 1. The van der Waals surface area contributed by atoms with E-state index in [-0.39, 0.29) is 5.91 Å². The third-order valence-corrected chi connectivity index (χ3v) is 4.93. The maximum atomic E-state index is 12.5. The van der Waals surface area contributed by atoms with Gasteiger partial charge in [-0.2, -0.15) is 0 Å². The van der Waals surface area contributed by atoms with E-state index < -0.39 is 0 Å². The Balaban J connectivity index is 1.68. The summed E-state index contributed by atoms with van der Waals surface area (Å²) in [4.78, 5) is 17.0. The smallest absolute Gasteiger partial charge is 0.295 e.